The smallest absolute Gasteiger partial charge is 0.459 e. The van der Waals surface area contributed by atoms with E-state index in [1.165, 1.54) is 17.8 Å². The van der Waals surface area contributed by atoms with Gasteiger partial charge in [0.2, 0.25) is 5.95 Å². The standard InChI is InChI=1S/C26H35FN7O7P/c1-14(2)39-25(36)15(3)32-42(37,41-17-8-6-5-7-9-17)38-12-18-21(35)19(27)24(40-18)34-13-29-20-22(33(4)16-10-11-16)30-26(28)31-23(20)34/h5-9,13-16,18-19,21,24,35H,10-12H2,1-4H3,(H,32,37)(H2,28,30,31)/t15-,18+,19+,21+,24+,42-/m0/s1. The average Bonchev–Trinajstić information content (AvgIpc) is 3.65. The van der Waals surface area contributed by atoms with Crippen molar-refractivity contribution in [1.82, 2.24) is 24.6 Å². The van der Waals surface area contributed by atoms with Gasteiger partial charge in [-0.2, -0.15) is 15.1 Å². The Balaban J connectivity index is 1.34. The van der Waals surface area contributed by atoms with Crippen LogP contribution in [-0.2, 0) is 23.4 Å². The number of halogens is 1. The van der Waals surface area contributed by atoms with Gasteiger partial charge in [0, 0.05) is 13.1 Å². The third-order valence-corrected chi connectivity index (χ3v) is 8.50. The Morgan fingerprint density at radius 1 is 1.29 bits per heavy atom. The summed E-state index contributed by atoms with van der Waals surface area (Å²) < 4.78 is 52.8. The molecule has 4 N–H and O–H groups in total. The van der Waals surface area contributed by atoms with Crippen molar-refractivity contribution in [1.29, 1.82) is 0 Å². The lowest BCUT2D eigenvalue weighted by Crippen LogP contribution is -2.37. The number of rotatable bonds is 12. The van der Waals surface area contributed by atoms with Gasteiger partial charge < -0.3 is 29.7 Å². The SMILES string of the molecule is CC(C)OC(=O)[C@H](C)N[P@](=O)(OC[C@H]1O[C@@H](n2cnc3c(N(C)C4CC4)nc(N)nc32)[C@H](F)[C@@H]1O)Oc1ccccc1. The molecule has 3 heterocycles. The summed E-state index contributed by atoms with van der Waals surface area (Å²) in [6.45, 7) is 4.26. The molecule has 1 aromatic carbocycles. The van der Waals surface area contributed by atoms with Gasteiger partial charge in [0.05, 0.1) is 19.0 Å². The monoisotopic (exact) mass is 607 g/mol. The van der Waals surface area contributed by atoms with Crippen LogP contribution in [0.3, 0.4) is 0 Å². The van der Waals surface area contributed by atoms with Crippen LogP contribution in [0, 0.1) is 0 Å². The van der Waals surface area contributed by atoms with E-state index in [1.54, 1.807) is 44.2 Å². The van der Waals surface area contributed by atoms with Crippen LogP contribution in [0.15, 0.2) is 36.7 Å². The van der Waals surface area contributed by atoms with Crippen LogP contribution in [0.5, 0.6) is 5.75 Å². The normalized spacial score (nSPS) is 24.5. The van der Waals surface area contributed by atoms with Gasteiger partial charge in [0.25, 0.3) is 0 Å². The highest BCUT2D eigenvalue weighted by atomic mass is 31.2. The maximum Gasteiger partial charge on any atom is 0.459 e. The van der Waals surface area contributed by atoms with E-state index in [0.717, 1.165) is 12.8 Å². The topological polar surface area (TPSA) is 176 Å². The molecule has 0 spiro atoms. The first-order chi connectivity index (χ1) is 20.0. The molecule has 1 aliphatic heterocycles. The number of nitrogens with one attached hydrogen (secondary N) is 1. The Kier molecular flexibility index (Phi) is 8.67. The molecule has 2 aromatic heterocycles. The minimum Gasteiger partial charge on any atom is -0.462 e. The van der Waals surface area contributed by atoms with Crippen molar-refractivity contribution in [2.24, 2.45) is 0 Å². The third kappa shape index (κ3) is 6.50. The number of alkyl halides is 1. The van der Waals surface area contributed by atoms with Crippen LogP contribution in [-0.4, -0.2) is 80.8 Å². The van der Waals surface area contributed by atoms with E-state index in [4.69, 9.17) is 24.3 Å². The molecule has 2 fully saturated rings. The third-order valence-electron chi connectivity index (χ3n) is 6.85. The van der Waals surface area contributed by atoms with Crippen LogP contribution >= 0.6 is 7.75 Å². The molecule has 0 unspecified atom stereocenters. The summed E-state index contributed by atoms with van der Waals surface area (Å²) in [4.78, 5) is 27.3. The van der Waals surface area contributed by atoms with Crippen LogP contribution < -0.4 is 20.2 Å². The van der Waals surface area contributed by atoms with Gasteiger partial charge in [0.1, 0.15) is 24.0 Å². The second kappa shape index (κ2) is 12.1. The van der Waals surface area contributed by atoms with Gasteiger partial charge >= 0.3 is 13.7 Å². The highest BCUT2D eigenvalue weighted by Gasteiger charge is 2.47. The van der Waals surface area contributed by atoms with Gasteiger partial charge in [-0.3, -0.25) is 13.9 Å². The zero-order valence-corrected chi connectivity index (χ0v) is 24.6. The summed E-state index contributed by atoms with van der Waals surface area (Å²) in [7, 11) is -2.39. The van der Waals surface area contributed by atoms with E-state index in [9.17, 15) is 14.5 Å². The highest BCUT2D eigenvalue weighted by molar-refractivity contribution is 7.52. The van der Waals surface area contributed by atoms with Crippen molar-refractivity contribution in [2.75, 3.05) is 24.3 Å². The van der Waals surface area contributed by atoms with Crippen molar-refractivity contribution in [3.05, 3.63) is 36.7 Å². The molecular formula is C26H35FN7O7P. The molecular weight excluding hydrogens is 572 g/mol. The number of carbonyl (C=O) groups excluding carboxylic acids is 1. The number of nitrogens with zero attached hydrogens (tertiary/aromatic N) is 5. The molecule has 2 aliphatic rings. The summed E-state index contributed by atoms with van der Waals surface area (Å²) >= 11 is 0. The Labute approximate surface area is 241 Å². The minimum absolute atomic E-state index is 0.0178. The summed E-state index contributed by atoms with van der Waals surface area (Å²) in [6.07, 6.45) is -3.20. The summed E-state index contributed by atoms with van der Waals surface area (Å²) in [5, 5.41) is 13.3. The Morgan fingerprint density at radius 2 is 2.00 bits per heavy atom. The summed E-state index contributed by atoms with van der Waals surface area (Å²) in [5.74, 6) is 0.0195. The molecule has 228 valence electrons. The quantitative estimate of drug-likeness (QED) is 0.203. The van der Waals surface area contributed by atoms with Crippen molar-refractivity contribution < 1.29 is 37.4 Å². The van der Waals surface area contributed by atoms with Gasteiger partial charge in [0.15, 0.2) is 29.4 Å². The van der Waals surface area contributed by atoms with Gasteiger partial charge in [-0.1, -0.05) is 18.2 Å². The maximum atomic E-state index is 15.5. The first-order valence-electron chi connectivity index (χ1n) is 13.6. The summed E-state index contributed by atoms with van der Waals surface area (Å²) in [5.41, 5.74) is 6.62. The molecule has 3 aromatic rings. The number of para-hydroxylation sites is 1. The van der Waals surface area contributed by atoms with Crippen LogP contribution in [0.1, 0.15) is 39.8 Å². The predicted molar refractivity (Wildman–Crippen MR) is 150 cm³/mol. The predicted octanol–water partition coefficient (Wildman–Crippen LogP) is 2.74. The van der Waals surface area contributed by atoms with E-state index in [1.807, 2.05) is 11.9 Å². The molecule has 42 heavy (non-hydrogen) atoms. The first kappa shape index (κ1) is 30.1. The fourth-order valence-electron chi connectivity index (χ4n) is 4.56. The molecule has 1 saturated heterocycles. The molecule has 16 heteroatoms. The van der Waals surface area contributed by atoms with E-state index in [2.05, 4.69) is 20.0 Å². The molecule has 6 atom stereocenters. The molecule has 1 aliphatic carbocycles. The fraction of sp³-hybridized carbons (Fsp3) is 0.538. The van der Waals surface area contributed by atoms with Gasteiger partial charge in [-0.15, -0.1) is 0 Å². The molecule has 0 bridgehead atoms. The number of ether oxygens (including phenoxy) is 2. The van der Waals surface area contributed by atoms with Crippen LogP contribution in [0.25, 0.3) is 11.2 Å². The number of fused-ring (bicyclic) bond motifs is 1. The van der Waals surface area contributed by atoms with Gasteiger partial charge in [-0.05, 0) is 45.7 Å². The molecule has 5 rings (SSSR count). The number of aliphatic hydroxyl groups excluding tert-OH is 1. The summed E-state index contributed by atoms with van der Waals surface area (Å²) in [6, 6.07) is 7.40. The number of imidazole rings is 1. The molecule has 1 saturated carbocycles. The number of nitrogens with two attached hydrogens (primary N) is 1. The molecule has 0 radical (unpaired) electrons. The number of aliphatic hydroxyl groups is 1. The second-order valence-electron chi connectivity index (χ2n) is 10.6. The zero-order valence-electron chi connectivity index (χ0n) is 23.7. The van der Waals surface area contributed by atoms with Crippen molar-refractivity contribution in [2.45, 2.75) is 76.4 Å². The Morgan fingerprint density at radius 3 is 2.67 bits per heavy atom. The largest absolute Gasteiger partial charge is 0.462 e. The molecule has 14 nitrogen and oxygen atoms in total. The van der Waals surface area contributed by atoms with Crippen LogP contribution in [0.4, 0.5) is 16.2 Å². The number of benzene rings is 1. The zero-order chi connectivity index (χ0) is 30.2. The number of hydrogen-bond acceptors (Lipinski definition) is 12. The second-order valence-corrected chi connectivity index (χ2v) is 12.3. The van der Waals surface area contributed by atoms with E-state index < -0.39 is 57.1 Å². The lowest BCUT2D eigenvalue weighted by molar-refractivity contribution is -0.149. The van der Waals surface area contributed by atoms with Gasteiger partial charge in [-0.25, -0.2) is 13.9 Å². The lowest BCUT2D eigenvalue weighted by atomic mass is 10.1. The maximum absolute atomic E-state index is 15.5. The number of hydrogen-bond donors (Lipinski definition) is 3. The number of anilines is 2. The first-order valence-corrected chi connectivity index (χ1v) is 15.2. The van der Waals surface area contributed by atoms with Crippen molar-refractivity contribution in [3.63, 3.8) is 0 Å². The Bertz CT molecular complexity index is 1460. The van der Waals surface area contributed by atoms with Crippen LogP contribution in [0.2, 0.25) is 0 Å². The Hall–Kier alpha value is -3.36. The lowest BCUT2D eigenvalue weighted by Gasteiger charge is -2.25. The van der Waals surface area contributed by atoms with E-state index in [-0.39, 0.29) is 17.3 Å². The van der Waals surface area contributed by atoms with E-state index >= 15 is 4.39 Å². The molecule has 0 amide bonds. The number of aromatic nitrogens is 4. The fourth-order valence-corrected chi connectivity index (χ4v) is 6.06. The minimum atomic E-state index is -4.27. The number of nitrogen functional groups attached to an aromatic ring is 1. The number of esters is 1. The highest BCUT2D eigenvalue weighted by Crippen LogP contribution is 2.46. The van der Waals surface area contributed by atoms with E-state index in [0.29, 0.717) is 17.4 Å². The van der Waals surface area contributed by atoms with Crippen molar-refractivity contribution in [3.8, 4) is 5.75 Å². The number of carbonyl (C=O) groups is 1. The van der Waals surface area contributed by atoms with Crippen molar-refractivity contribution >= 4 is 36.6 Å². The average molecular weight is 608 g/mol.